The summed E-state index contributed by atoms with van der Waals surface area (Å²) >= 11 is 3.39. The van der Waals surface area contributed by atoms with Crippen LogP contribution in [0.15, 0.2) is 10.7 Å². The highest BCUT2D eigenvalue weighted by molar-refractivity contribution is 9.10. The van der Waals surface area contributed by atoms with Crippen molar-refractivity contribution in [2.24, 2.45) is 5.92 Å². The average molecular weight is 271 g/mol. The molecule has 0 spiro atoms. The number of carbonyl (C=O) groups excluding carboxylic acids is 1. The molecule has 2 rings (SSSR count). The number of hydrogen-bond donors (Lipinski definition) is 0. The number of carbonyl (C=O) groups is 1. The molecule has 4 heteroatoms. The first-order valence-corrected chi connectivity index (χ1v) is 6.26. The molecule has 1 saturated carbocycles. The summed E-state index contributed by atoms with van der Waals surface area (Å²) in [6.45, 7) is 2.90. The van der Waals surface area contributed by atoms with Crippen LogP contribution < -0.4 is 0 Å². The maximum atomic E-state index is 12.0. The molecule has 1 aromatic rings. The molecule has 1 fully saturated rings. The van der Waals surface area contributed by atoms with E-state index in [0.717, 1.165) is 23.1 Å². The van der Waals surface area contributed by atoms with E-state index in [4.69, 9.17) is 0 Å². The SMILES string of the molecule is CCCn1ncc(Br)c1C(=O)CC1CC1. The first-order valence-electron chi connectivity index (χ1n) is 5.47. The fourth-order valence-corrected chi connectivity index (χ4v) is 2.22. The summed E-state index contributed by atoms with van der Waals surface area (Å²) in [6, 6.07) is 0. The number of rotatable bonds is 5. The summed E-state index contributed by atoms with van der Waals surface area (Å²) in [4.78, 5) is 12.0. The van der Waals surface area contributed by atoms with Gasteiger partial charge in [0.25, 0.3) is 0 Å². The van der Waals surface area contributed by atoms with Crippen LogP contribution in [0.5, 0.6) is 0 Å². The van der Waals surface area contributed by atoms with Gasteiger partial charge in [-0.25, -0.2) is 0 Å². The molecular weight excluding hydrogens is 256 g/mol. The summed E-state index contributed by atoms with van der Waals surface area (Å²) in [6.07, 6.45) is 5.83. The molecule has 0 unspecified atom stereocenters. The lowest BCUT2D eigenvalue weighted by Gasteiger charge is -2.05. The zero-order valence-corrected chi connectivity index (χ0v) is 10.5. The number of nitrogens with zero attached hydrogens (tertiary/aromatic N) is 2. The molecule has 82 valence electrons. The number of halogens is 1. The Hall–Kier alpha value is -0.640. The van der Waals surface area contributed by atoms with Crippen molar-refractivity contribution in [3.63, 3.8) is 0 Å². The second-order valence-corrected chi connectivity index (χ2v) is 4.99. The minimum atomic E-state index is 0.232. The molecule has 0 radical (unpaired) electrons. The van der Waals surface area contributed by atoms with Crippen molar-refractivity contribution >= 4 is 21.7 Å². The normalized spacial score (nSPS) is 15.6. The molecule has 0 aliphatic heterocycles. The van der Waals surface area contributed by atoms with E-state index < -0.39 is 0 Å². The smallest absolute Gasteiger partial charge is 0.182 e. The summed E-state index contributed by atoms with van der Waals surface area (Å²) in [7, 11) is 0. The monoisotopic (exact) mass is 270 g/mol. The lowest BCUT2D eigenvalue weighted by atomic mass is 10.1. The molecular formula is C11H15BrN2O. The van der Waals surface area contributed by atoms with Crippen LogP contribution in [0.4, 0.5) is 0 Å². The lowest BCUT2D eigenvalue weighted by Crippen LogP contribution is -2.11. The second kappa shape index (κ2) is 4.47. The van der Waals surface area contributed by atoms with Crippen molar-refractivity contribution in [2.75, 3.05) is 0 Å². The van der Waals surface area contributed by atoms with Crippen LogP contribution in [0.25, 0.3) is 0 Å². The number of aromatic nitrogens is 2. The second-order valence-electron chi connectivity index (χ2n) is 4.13. The molecule has 1 aliphatic rings. The van der Waals surface area contributed by atoms with Crippen LogP contribution >= 0.6 is 15.9 Å². The Morgan fingerprint density at radius 1 is 1.67 bits per heavy atom. The topological polar surface area (TPSA) is 34.9 Å². The Kier molecular flexibility index (Phi) is 3.24. The zero-order chi connectivity index (χ0) is 10.8. The Labute approximate surface area is 98.0 Å². The minimum absolute atomic E-state index is 0.232. The van der Waals surface area contributed by atoms with Gasteiger partial charge >= 0.3 is 0 Å². The highest BCUT2D eigenvalue weighted by Crippen LogP contribution is 2.34. The first-order chi connectivity index (χ1) is 7.22. The van der Waals surface area contributed by atoms with Crippen molar-refractivity contribution in [1.82, 2.24) is 9.78 Å². The van der Waals surface area contributed by atoms with Gasteiger partial charge in [0, 0.05) is 13.0 Å². The lowest BCUT2D eigenvalue weighted by molar-refractivity contribution is 0.0964. The molecule has 0 atom stereocenters. The molecule has 0 N–H and O–H groups in total. The molecule has 0 bridgehead atoms. The summed E-state index contributed by atoms with van der Waals surface area (Å²) < 4.78 is 2.65. The molecule has 1 heterocycles. The van der Waals surface area contributed by atoms with Crippen molar-refractivity contribution in [2.45, 2.75) is 39.2 Å². The van der Waals surface area contributed by atoms with Crippen molar-refractivity contribution in [3.8, 4) is 0 Å². The predicted molar refractivity (Wildman–Crippen MR) is 61.9 cm³/mol. The molecule has 0 amide bonds. The van der Waals surface area contributed by atoms with Gasteiger partial charge in [0.05, 0.1) is 10.7 Å². The van der Waals surface area contributed by atoms with E-state index in [2.05, 4.69) is 28.0 Å². The van der Waals surface area contributed by atoms with E-state index in [1.807, 2.05) is 4.68 Å². The molecule has 0 saturated heterocycles. The standard InChI is InChI=1S/C11H15BrN2O/c1-2-5-14-11(9(12)7-13-14)10(15)6-8-3-4-8/h7-8H,2-6H2,1H3. The van der Waals surface area contributed by atoms with E-state index in [0.29, 0.717) is 12.3 Å². The third-order valence-corrected chi connectivity index (χ3v) is 3.25. The molecule has 15 heavy (non-hydrogen) atoms. The molecule has 1 aliphatic carbocycles. The predicted octanol–water partition coefficient (Wildman–Crippen LogP) is 3.04. The van der Waals surface area contributed by atoms with Crippen LogP contribution in [-0.4, -0.2) is 15.6 Å². The number of aryl methyl sites for hydroxylation is 1. The van der Waals surface area contributed by atoms with E-state index in [1.165, 1.54) is 12.8 Å². The third kappa shape index (κ3) is 2.48. The van der Waals surface area contributed by atoms with Crippen molar-refractivity contribution in [3.05, 3.63) is 16.4 Å². The van der Waals surface area contributed by atoms with Crippen molar-refractivity contribution in [1.29, 1.82) is 0 Å². The van der Waals surface area contributed by atoms with Gasteiger partial charge in [-0.1, -0.05) is 6.92 Å². The van der Waals surface area contributed by atoms with E-state index in [1.54, 1.807) is 6.20 Å². The van der Waals surface area contributed by atoms with Crippen LogP contribution in [0.2, 0.25) is 0 Å². The van der Waals surface area contributed by atoms with Gasteiger partial charge in [0.2, 0.25) is 0 Å². The number of hydrogen-bond acceptors (Lipinski definition) is 2. The number of Topliss-reactive ketones (excluding diaryl/α,β-unsaturated/α-hetero) is 1. The first kappa shape index (κ1) is 10.9. The Morgan fingerprint density at radius 2 is 2.40 bits per heavy atom. The van der Waals surface area contributed by atoms with Gasteiger partial charge in [-0.05, 0) is 41.1 Å². The van der Waals surface area contributed by atoms with Gasteiger partial charge in [0.1, 0.15) is 5.69 Å². The van der Waals surface area contributed by atoms with Gasteiger partial charge in [-0.3, -0.25) is 9.48 Å². The highest BCUT2D eigenvalue weighted by atomic mass is 79.9. The van der Waals surface area contributed by atoms with Crippen LogP contribution in [-0.2, 0) is 6.54 Å². The van der Waals surface area contributed by atoms with Gasteiger partial charge in [-0.2, -0.15) is 5.10 Å². The fraction of sp³-hybridized carbons (Fsp3) is 0.636. The largest absolute Gasteiger partial charge is 0.292 e. The summed E-state index contributed by atoms with van der Waals surface area (Å²) in [5, 5.41) is 4.20. The maximum absolute atomic E-state index is 12.0. The Balaban J connectivity index is 2.15. The molecule has 0 aromatic carbocycles. The van der Waals surface area contributed by atoms with Gasteiger partial charge in [0.15, 0.2) is 5.78 Å². The highest BCUT2D eigenvalue weighted by Gasteiger charge is 2.27. The summed E-state index contributed by atoms with van der Waals surface area (Å²) in [5.74, 6) is 0.865. The molecule has 1 aromatic heterocycles. The van der Waals surface area contributed by atoms with E-state index in [9.17, 15) is 4.79 Å². The average Bonchev–Trinajstić information content (AvgIpc) is 2.91. The zero-order valence-electron chi connectivity index (χ0n) is 8.87. The van der Waals surface area contributed by atoms with Crippen LogP contribution in [0.1, 0.15) is 43.1 Å². The quantitative estimate of drug-likeness (QED) is 0.771. The molecule has 3 nitrogen and oxygen atoms in total. The Morgan fingerprint density at radius 3 is 3.00 bits per heavy atom. The minimum Gasteiger partial charge on any atom is -0.292 e. The fourth-order valence-electron chi connectivity index (χ4n) is 1.70. The summed E-state index contributed by atoms with van der Waals surface area (Å²) in [5.41, 5.74) is 0.753. The van der Waals surface area contributed by atoms with Gasteiger partial charge < -0.3 is 0 Å². The third-order valence-electron chi connectivity index (χ3n) is 2.67. The van der Waals surface area contributed by atoms with Crippen molar-refractivity contribution < 1.29 is 4.79 Å². The van der Waals surface area contributed by atoms with E-state index >= 15 is 0 Å². The van der Waals surface area contributed by atoms with Gasteiger partial charge in [-0.15, -0.1) is 0 Å². The Bertz CT molecular complexity index is 369. The number of ketones is 1. The maximum Gasteiger partial charge on any atom is 0.182 e. The van der Waals surface area contributed by atoms with Crippen LogP contribution in [0.3, 0.4) is 0 Å². The van der Waals surface area contributed by atoms with Crippen LogP contribution in [0, 0.1) is 5.92 Å². The van der Waals surface area contributed by atoms with E-state index in [-0.39, 0.29) is 5.78 Å².